The van der Waals surface area contributed by atoms with Gasteiger partial charge in [-0.1, -0.05) is 30.3 Å². The summed E-state index contributed by atoms with van der Waals surface area (Å²) in [6, 6.07) is 10.6. The molecule has 1 unspecified atom stereocenters. The van der Waals surface area contributed by atoms with Crippen LogP contribution in [0.3, 0.4) is 0 Å². The van der Waals surface area contributed by atoms with Crippen molar-refractivity contribution in [1.29, 1.82) is 0 Å². The average molecular weight is 331 g/mol. The summed E-state index contributed by atoms with van der Waals surface area (Å²) in [6.45, 7) is 2.00. The monoisotopic (exact) mass is 331 g/mol. The summed E-state index contributed by atoms with van der Waals surface area (Å²) in [6.07, 6.45) is -0.646. The number of amides is 2. The fourth-order valence-electron chi connectivity index (χ4n) is 2.23. The highest BCUT2D eigenvalue weighted by Gasteiger charge is 2.22. The molecule has 0 radical (unpaired) electrons. The summed E-state index contributed by atoms with van der Waals surface area (Å²) in [7, 11) is 1.49. The highest BCUT2D eigenvalue weighted by molar-refractivity contribution is 5.99. The number of aliphatic hydroxyl groups excluding tert-OH is 1. The Morgan fingerprint density at radius 1 is 1.25 bits per heavy atom. The third-order valence-electron chi connectivity index (χ3n) is 3.42. The van der Waals surface area contributed by atoms with Gasteiger partial charge in [0, 0.05) is 19.7 Å². The number of nitrogens with one attached hydrogen (secondary N) is 3. The van der Waals surface area contributed by atoms with E-state index < -0.39 is 12.0 Å². The maximum absolute atomic E-state index is 12.0. The van der Waals surface area contributed by atoms with Crippen LogP contribution >= 0.6 is 0 Å². The lowest BCUT2D eigenvalue weighted by Gasteiger charge is -2.17. The first-order valence-corrected chi connectivity index (χ1v) is 7.66. The Balaban J connectivity index is 2.33. The van der Waals surface area contributed by atoms with Gasteiger partial charge in [0.1, 0.15) is 17.5 Å². The SMILES string of the molecule is CCNC(=O)c1cc(OC(CO)c2ccccc2)c(C(=O)NC)[nH]1. The minimum absolute atomic E-state index is 0.133. The van der Waals surface area contributed by atoms with E-state index in [0.717, 1.165) is 5.56 Å². The van der Waals surface area contributed by atoms with Crippen LogP contribution in [-0.4, -0.2) is 42.1 Å². The standard InChI is InChI=1S/C17H21N3O4/c1-3-19-16(22)12-9-13(15(20-12)17(23)18-2)24-14(10-21)11-7-5-4-6-8-11/h4-9,14,20-21H,3,10H2,1-2H3,(H,18,23)(H,19,22). The van der Waals surface area contributed by atoms with Crippen molar-refractivity contribution < 1.29 is 19.4 Å². The molecule has 1 atom stereocenters. The van der Waals surface area contributed by atoms with E-state index in [1.165, 1.54) is 13.1 Å². The largest absolute Gasteiger partial charge is 0.481 e. The minimum atomic E-state index is -0.646. The zero-order valence-electron chi connectivity index (χ0n) is 13.6. The van der Waals surface area contributed by atoms with E-state index in [0.29, 0.717) is 6.54 Å². The number of H-pyrrole nitrogens is 1. The van der Waals surface area contributed by atoms with E-state index in [1.807, 2.05) is 30.3 Å². The first-order chi connectivity index (χ1) is 11.6. The van der Waals surface area contributed by atoms with Crippen LogP contribution in [0.1, 0.15) is 39.6 Å². The van der Waals surface area contributed by atoms with Crippen LogP contribution in [0.2, 0.25) is 0 Å². The molecule has 0 saturated heterocycles. The molecular weight excluding hydrogens is 310 g/mol. The number of carbonyl (C=O) groups excluding carboxylic acids is 2. The minimum Gasteiger partial charge on any atom is -0.481 e. The summed E-state index contributed by atoms with van der Waals surface area (Å²) < 4.78 is 5.79. The highest BCUT2D eigenvalue weighted by atomic mass is 16.5. The fraction of sp³-hybridized carbons (Fsp3) is 0.294. The quantitative estimate of drug-likeness (QED) is 0.613. The van der Waals surface area contributed by atoms with Gasteiger partial charge in [0.25, 0.3) is 11.8 Å². The molecule has 7 heteroatoms. The van der Waals surface area contributed by atoms with Crippen LogP contribution in [0.4, 0.5) is 0 Å². The molecule has 2 aromatic rings. The lowest BCUT2D eigenvalue weighted by Crippen LogP contribution is -2.24. The van der Waals surface area contributed by atoms with E-state index in [1.54, 1.807) is 6.92 Å². The van der Waals surface area contributed by atoms with Gasteiger partial charge < -0.3 is 25.5 Å². The molecule has 0 aliphatic rings. The molecule has 0 saturated carbocycles. The molecule has 0 fully saturated rings. The van der Waals surface area contributed by atoms with Crippen molar-refractivity contribution in [3.05, 3.63) is 53.3 Å². The maximum Gasteiger partial charge on any atom is 0.271 e. The molecule has 0 aliphatic heterocycles. The number of aromatic nitrogens is 1. The molecule has 1 heterocycles. The van der Waals surface area contributed by atoms with Crippen LogP contribution in [0, 0.1) is 0 Å². The van der Waals surface area contributed by atoms with Crippen molar-refractivity contribution in [2.45, 2.75) is 13.0 Å². The molecule has 0 aliphatic carbocycles. The summed E-state index contributed by atoms with van der Waals surface area (Å²) in [5.41, 5.74) is 1.12. The van der Waals surface area contributed by atoms with E-state index in [2.05, 4.69) is 15.6 Å². The number of aliphatic hydroxyl groups is 1. The number of benzene rings is 1. The Labute approximate surface area is 140 Å². The van der Waals surface area contributed by atoms with E-state index in [9.17, 15) is 14.7 Å². The predicted molar refractivity (Wildman–Crippen MR) is 89.1 cm³/mol. The van der Waals surface area contributed by atoms with Crippen molar-refractivity contribution in [2.75, 3.05) is 20.2 Å². The second-order valence-corrected chi connectivity index (χ2v) is 5.06. The molecule has 7 nitrogen and oxygen atoms in total. The third-order valence-corrected chi connectivity index (χ3v) is 3.42. The zero-order chi connectivity index (χ0) is 17.5. The molecule has 1 aromatic carbocycles. The molecule has 2 amide bonds. The first-order valence-electron chi connectivity index (χ1n) is 7.66. The average Bonchev–Trinajstić information content (AvgIpc) is 3.04. The van der Waals surface area contributed by atoms with Gasteiger partial charge in [-0.25, -0.2) is 0 Å². The third kappa shape index (κ3) is 3.94. The van der Waals surface area contributed by atoms with Gasteiger partial charge in [0.15, 0.2) is 5.75 Å². The Bertz CT molecular complexity index is 697. The summed E-state index contributed by atoms with van der Waals surface area (Å²) in [5.74, 6) is -0.540. The van der Waals surface area contributed by atoms with Gasteiger partial charge in [-0.15, -0.1) is 0 Å². The Kier molecular flexibility index (Phi) is 5.97. The summed E-state index contributed by atoms with van der Waals surface area (Å²) in [4.78, 5) is 26.8. The Hall–Kier alpha value is -2.80. The normalized spacial score (nSPS) is 11.6. The molecule has 128 valence electrons. The van der Waals surface area contributed by atoms with Crippen molar-refractivity contribution in [2.24, 2.45) is 0 Å². The van der Waals surface area contributed by atoms with Gasteiger partial charge >= 0.3 is 0 Å². The lowest BCUT2D eigenvalue weighted by molar-refractivity contribution is 0.0931. The van der Waals surface area contributed by atoms with Crippen LogP contribution in [0.25, 0.3) is 0 Å². The van der Waals surface area contributed by atoms with Crippen LogP contribution in [0.5, 0.6) is 5.75 Å². The topological polar surface area (TPSA) is 103 Å². The molecule has 0 bridgehead atoms. The van der Waals surface area contributed by atoms with Crippen molar-refractivity contribution in [3.8, 4) is 5.75 Å². The number of hydrogen-bond donors (Lipinski definition) is 4. The van der Waals surface area contributed by atoms with Crippen molar-refractivity contribution in [1.82, 2.24) is 15.6 Å². The number of ether oxygens (including phenoxy) is 1. The maximum atomic E-state index is 12.0. The summed E-state index contributed by atoms with van der Waals surface area (Å²) >= 11 is 0. The number of carbonyl (C=O) groups is 2. The van der Waals surface area contributed by atoms with Gasteiger partial charge in [0.2, 0.25) is 0 Å². The number of hydrogen-bond acceptors (Lipinski definition) is 4. The molecule has 24 heavy (non-hydrogen) atoms. The number of rotatable bonds is 7. The smallest absolute Gasteiger partial charge is 0.271 e. The van der Waals surface area contributed by atoms with E-state index in [-0.39, 0.29) is 29.7 Å². The molecule has 1 aromatic heterocycles. The second-order valence-electron chi connectivity index (χ2n) is 5.06. The van der Waals surface area contributed by atoms with Gasteiger partial charge in [-0.3, -0.25) is 9.59 Å². The highest BCUT2D eigenvalue weighted by Crippen LogP contribution is 2.26. The van der Waals surface area contributed by atoms with Gasteiger partial charge in [-0.05, 0) is 12.5 Å². The first kappa shape index (κ1) is 17.6. The van der Waals surface area contributed by atoms with Crippen LogP contribution in [-0.2, 0) is 0 Å². The molecule has 0 spiro atoms. The molecule has 2 rings (SSSR count). The van der Waals surface area contributed by atoms with Crippen molar-refractivity contribution >= 4 is 11.8 Å². The van der Waals surface area contributed by atoms with Crippen LogP contribution in [0.15, 0.2) is 36.4 Å². The molecule has 4 N–H and O–H groups in total. The van der Waals surface area contributed by atoms with Gasteiger partial charge in [-0.2, -0.15) is 0 Å². The Morgan fingerprint density at radius 3 is 2.54 bits per heavy atom. The fourth-order valence-corrected chi connectivity index (χ4v) is 2.23. The van der Waals surface area contributed by atoms with Gasteiger partial charge in [0.05, 0.1) is 6.61 Å². The van der Waals surface area contributed by atoms with Crippen molar-refractivity contribution in [3.63, 3.8) is 0 Å². The van der Waals surface area contributed by atoms with Crippen LogP contribution < -0.4 is 15.4 Å². The Morgan fingerprint density at radius 2 is 1.96 bits per heavy atom. The zero-order valence-corrected chi connectivity index (χ0v) is 13.6. The van der Waals surface area contributed by atoms with E-state index in [4.69, 9.17) is 4.74 Å². The lowest BCUT2D eigenvalue weighted by atomic mass is 10.1. The predicted octanol–water partition coefficient (Wildman–Crippen LogP) is 1.24. The molecular formula is C17H21N3O4. The second kappa shape index (κ2) is 8.16. The van der Waals surface area contributed by atoms with E-state index >= 15 is 0 Å². The summed E-state index contributed by atoms with van der Waals surface area (Å²) in [5, 5.41) is 14.8. The number of aromatic amines is 1.